The first kappa shape index (κ1) is 13.7. The van der Waals surface area contributed by atoms with Crippen LogP contribution in [0.3, 0.4) is 0 Å². The summed E-state index contributed by atoms with van der Waals surface area (Å²) >= 11 is 5.05. The van der Waals surface area contributed by atoms with Crippen LogP contribution in [0.5, 0.6) is 0 Å². The number of hydrogen-bond acceptors (Lipinski definition) is 5. The van der Waals surface area contributed by atoms with E-state index in [-0.39, 0.29) is 0 Å². The Labute approximate surface area is 128 Å². The molecule has 2 aromatic heterocycles. The van der Waals surface area contributed by atoms with Crippen molar-refractivity contribution in [1.29, 1.82) is 0 Å². The lowest BCUT2D eigenvalue weighted by molar-refractivity contribution is -0.145. The molecule has 0 spiro atoms. The number of aromatic nitrogens is 3. The highest BCUT2D eigenvalue weighted by atomic mass is 79.9. The second kappa shape index (κ2) is 5.27. The van der Waals surface area contributed by atoms with E-state index < -0.39 is 12.0 Å². The third-order valence-electron chi connectivity index (χ3n) is 3.43. The zero-order valence-electron chi connectivity index (χ0n) is 10.8. The molecule has 0 saturated carbocycles. The van der Waals surface area contributed by atoms with Gasteiger partial charge in [-0.15, -0.1) is 21.5 Å². The smallest absolute Gasteiger partial charge is 0.322 e. The lowest BCUT2D eigenvalue weighted by atomic mass is 10.2. The number of rotatable bonds is 3. The van der Waals surface area contributed by atoms with Crippen molar-refractivity contribution < 1.29 is 9.90 Å². The zero-order chi connectivity index (χ0) is 14.3. The van der Waals surface area contributed by atoms with Crippen LogP contribution < -0.4 is 0 Å². The Bertz CT molecular complexity index is 654. The lowest BCUT2D eigenvalue weighted by Gasteiger charge is -2.33. The van der Waals surface area contributed by atoms with Gasteiger partial charge in [0.1, 0.15) is 17.7 Å². The van der Waals surface area contributed by atoms with Gasteiger partial charge in [-0.1, -0.05) is 0 Å². The number of nitrogens with zero attached hydrogens (tertiary/aromatic N) is 4. The molecule has 3 rings (SSSR count). The SMILES string of the molecule is Cc1nnc2n1CC(C(=O)O)N(Cc1ccc(Br)s1)C2. The standard InChI is InChI=1S/C12H13BrN4O2S/c1-7-14-15-11-6-16(4-8-2-3-10(13)20-8)9(12(18)19)5-17(7)11/h2-3,9H,4-6H2,1H3,(H,18,19). The summed E-state index contributed by atoms with van der Waals surface area (Å²) in [6, 6.07) is 3.45. The molecule has 0 radical (unpaired) electrons. The minimum Gasteiger partial charge on any atom is -0.480 e. The molecular formula is C12H13BrN4O2S. The van der Waals surface area contributed by atoms with Crippen molar-refractivity contribution in [1.82, 2.24) is 19.7 Å². The molecule has 1 atom stereocenters. The van der Waals surface area contributed by atoms with Crippen molar-refractivity contribution in [2.75, 3.05) is 0 Å². The molecule has 6 nitrogen and oxygen atoms in total. The van der Waals surface area contributed by atoms with E-state index in [0.29, 0.717) is 19.6 Å². The molecule has 0 aliphatic carbocycles. The third kappa shape index (κ3) is 2.50. The molecule has 2 aromatic rings. The number of carbonyl (C=O) groups is 1. The summed E-state index contributed by atoms with van der Waals surface area (Å²) in [5, 5.41) is 17.6. The maximum atomic E-state index is 11.5. The minimum atomic E-state index is -0.806. The van der Waals surface area contributed by atoms with E-state index in [4.69, 9.17) is 0 Å². The van der Waals surface area contributed by atoms with Crippen LogP contribution in [0, 0.1) is 6.92 Å². The van der Waals surface area contributed by atoms with Crippen molar-refractivity contribution in [2.45, 2.75) is 32.6 Å². The summed E-state index contributed by atoms with van der Waals surface area (Å²) in [5.74, 6) is 0.791. The molecule has 106 valence electrons. The van der Waals surface area contributed by atoms with Gasteiger partial charge in [-0.2, -0.15) is 0 Å². The fraction of sp³-hybridized carbons (Fsp3) is 0.417. The van der Waals surface area contributed by atoms with Crippen LogP contribution >= 0.6 is 27.3 Å². The Morgan fingerprint density at radius 3 is 3.00 bits per heavy atom. The van der Waals surface area contributed by atoms with Crippen LogP contribution in [-0.2, 0) is 24.4 Å². The Kier molecular flexibility index (Phi) is 3.61. The van der Waals surface area contributed by atoms with Crippen LogP contribution in [0.25, 0.3) is 0 Å². The third-order valence-corrected chi connectivity index (χ3v) is 5.03. The normalized spacial score (nSPS) is 19.0. The summed E-state index contributed by atoms with van der Waals surface area (Å²) in [6.45, 7) is 3.37. The summed E-state index contributed by atoms with van der Waals surface area (Å²) in [6.07, 6.45) is 0. The highest BCUT2D eigenvalue weighted by Gasteiger charge is 2.33. The van der Waals surface area contributed by atoms with Gasteiger partial charge in [0.05, 0.1) is 16.9 Å². The Morgan fingerprint density at radius 1 is 1.55 bits per heavy atom. The fourth-order valence-electron chi connectivity index (χ4n) is 2.40. The molecule has 0 amide bonds. The van der Waals surface area contributed by atoms with Crippen LogP contribution in [0.1, 0.15) is 16.5 Å². The van der Waals surface area contributed by atoms with Crippen LogP contribution in [0.4, 0.5) is 0 Å². The zero-order valence-corrected chi connectivity index (χ0v) is 13.2. The highest BCUT2D eigenvalue weighted by molar-refractivity contribution is 9.11. The average molecular weight is 357 g/mol. The second-order valence-electron chi connectivity index (χ2n) is 4.74. The Hall–Kier alpha value is -1.25. The van der Waals surface area contributed by atoms with E-state index >= 15 is 0 Å². The molecule has 8 heteroatoms. The lowest BCUT2D eigenvalue weighted by Crippen LogP contribution is -2.47. The molecule has 1 aliphatic heterocycles. The molecule has 1 N–H and O–H groups in total. The number of halogens is 1. The van der Waals surface area contributed by atoms with Gasteiger partial charge in [-0.25, -0.2) is 0 Å². The number of carboxylic acids is 1. The first-order valence-corrected chi connectivity index (χ1v) is 7.75. The molecule has 0 saturated heterocycles. The van der Waals surface area contributed by atoms with Gasteiger partial charge in [-0.05, 0) is 35.0 Å². The molecule has 3 heterocycles. The van der Waals surface area contributed by atoms with Crippen LogP contribution in [0.15, 0.2) is 15.9 Å². The topological polar surface area (TPSA) is 71.2 Å². The number of carboxylic acid groups (broad SMARTS) is 1. The van der Waals surface area contributed by atoms with E-state index in [1.807, 2.05) is 28.5 Å². The minimum absolute atomic E-state index is 0.399. The second-order valence-corrected chi connectivity index (χ2v) is 7.29. The molecular weight excluding hydrogens is 344 g/mol. The predicted octanol–water partition coefficient (Wildman–Crippen LogP) is 1.88. The molecule has 0 fully saturated rings. The summed E-state index contributed by atoms with van der Waals surface area (Å²) in [4.78, 5) is 14.6. The Balaban J connectivity index is 1.87. The average Bonchev–Trinajstić information content (AvgIpc) is 2.96. The van der Waals surface area contributed by atoms with Gasteiger partial charge >= 0.3 is 5.97 Å². The van der Waals surface area contributed by atoms with Gasteiger partial charge in [0, 0.05) is 11.4 Å². The van der Waals surface area contributed by atoms with Gasteiger partial charge in [0.25, 0.3) is 0 Å². The fourth-order valence-corrected chi connectivity index (χ4v) is 3.91. The van der Waals surface area contributed by atoms with Gasteiger partial charge < -0.3 is 9.67 Å². The number of thiophene rings is 1. The maximum Gasteiger partial charge on any atom is 0.322 e. The van der Waals surface area contributed by atoms with E-state index in [2.05, 4.69) is 26.1 Å². The summed E-state index contributed by atoms with van der Waals surface area (Å²) in [5.41, 5.74) is 0. The number of hydrogen-bond donors (Lipinski definition) is 1. The Morgan fingerprint density at radius 2 is 2.35 bits per heavy atom. The first-order valence-electron chi connectivity index (χ1n) is 6.14. The number of fused-ring (bicyclic) bond motifs is 1. The van der Waals surface area contributed by atoms with Crippen LogP contribution in [0.2, 0.25) is 0 Å². The van der Waals surface area contributed by atoms with Crippen molar-refractivity contribution in [3.8, 4) is 0 Å². The van der Waals surface area contributed by atoms with Gasteiger partial charge in [-0.3, -0.25) is 9.69 Å². The van der Waals surface area contributed by atoms with Crippen molar-refractivity contribution >= 4 is 33.2 Å². The molecule has 20 heavy (non-hydrogen) atoms. The van der Waals surface area contributed by atoms with E-state index in [9.17, 15) is 9.90 Å². The van der Waals surface area contributed by atoms with Crippen molar-refractivity contribution in [3.05, 3.63) is 32.4 Å². The number of aryl methyl sites for hydroxylation is 1. The van der Waals surface area contributed by atoms with Crippen molar-refractivity contribution in [2.24, 2.45) is 0 Å². The molecule has 1 unspecified atom stereocenters. The molecule has 0 bridgehead atoms. The van der Waals surface area contributed by atoms with Crippen LogP contribution in [-0.4, -0.2) is 36.8 Å². The largest absolute Gasteiger partial charge is 0.480 e. The van der Waals surface area contributed by atoms with E-state index in [1.165, 1.54) is 0 Å². The summed E-state index contributed by atoms with van der Waals surface area (Å²) in [7, 11) is 0. The van der Waals surface area contributed by atoms with E-state index in [0.717, 1.165) is 20.3 Å². The quantitative estimate of drug-likeness (QED) is 0.908. The molecule has 0 aromatic carbocycles. The molecule has 1 aliphatic rings. The van der Waals surface area contributed by atoms with Gasteiger partial charge in [0.15, 0.2) is 0 Å². The van der Waals surface area contributed by atoms with Gasteiger partial charge in [0.2, 0.25) is 0 Å². The summed E-state index contributed by atoms with van der Waals surface area (Å²) < 4.78 is 2.94. The first-order chi connectivity index (χ1) is 9.54. The van der Waals surface area contributed by atoms with Crippen molar-refractivity contribution in [3.63, 3.8) is 0 Å². The predicted molar refractivity (Wildman–Crippen MR) is 77.4 cm³/mol. The highest BCUT2D eigenvalue weighted by Crippen LogP contribution is 2.26. The maximum absolute atomic E-state index is 11.5. The van der Waals surface area contributed by atoms with E-state index in [1.54, 1.807) is 11.3 Å². The number of aliphatic carboxylic acids is 1. The monoisotopic (exact) mass is 356 g/mol.